The Labute approximate surface area is 66.8 Å². The fourth-order valence-corrected chi connectivity index (χ4v) is 1.95. The molecule has 2 aliphatic carbocycles. The summed E-state index contributed by atoms with van der Waals surface area (Å²) in [6.45, 7) is 2.11. The second-order valence-corrected chi connectivity index (χ2v) is 3.52. The summed E-state index contributed by atoms with van der Waals surface area (Å²) in [5, 5.41) is 0. The molecular formula is C10H12O. The first kappa shape index (κ1) is 6.84. The lowest BCUT2D eigenvalue weighted by molar-refractivity contribution is -0.118. The molecule has 2 aliphatic rings. The first-order valence-electron chi connectivity index (χ1n) is 4.15. The average molecular weight is 148 g/mol. The highest BCUT2D eigenvalue weighted by Gasteiger charge is 2.31. The SMILES string of the molecule is CC1=CCC2C=CC(=O)C2C1. The van der Waals surface area contributed by atoms with E-state index in [1.54, 1.807) is 6.08 Å². The average Bonchev–Trinajstić information content (AvgIpc) is 2.33. The Morgan fingerprint density at radius 2 is 2.36 bits per heavy atom. The van der Waals surface area contributed by atoms with Gasteiger partial charge in [0, 0.05) is 5.92 Å². The van der Waals surface area contributed by atoms with Gasteiger partial charge in [-0.1, -0.05) is 17.7 Å². The van der Waals surface area contributed by atoms with Crippen molar-refractivity contribution in [1.82, 2.24) is 0 Å². The number of allylic oxidation sites excluding steroid dienone is 4. The van der Waals surface area contributed by atoms with Crippen LogP contribution in [0.4, 0.5) is 0 Å². The van der Waals surface area contributed by atoms with Crippen molar-refractivity contribution < 1.29 is 4.79 Å². The summed E-state index contributed by atoms with van der Waals surface area (Å²) in [7, 11) is 0. The molecule has 0 radical (unpaired) electrons. The predicted octanol–water partition coefficient (Wildman–Crippen LogP) is 2.10. The minimum absolute atomic E-state index is 0.292. The van der Waals surface area contributed by atoms with Crippen LogP contribution in [-0.4, -0.2) is 5.78 Å². The van der Waals surface area contributed by atoms with Crippen LogP contribution in [0.1, 0.15) is 19.8 Å². The quantitative estimate of drug-likeness (QED) is 0.481. The Hall–Kier alpha value is -0.850. The van der Waals surface area contributed by atoms with Crippen LogP contribution in [0.25, 0.3) is 0 Å². The molecule has 0 fully saturated rings. The summed E-state index contributed by atoms with van der Waals surface area (Å²) in [5.41, 5.74) is 1.38. The molecule has 0 aromatic heterocycles. The van der Waals surface area contributed by atoms with E-state index < -0.39 is 0 Å². The first-order chi connectivity index (χ1) is 5.27. The summed E-state index contributed by atoms with van der Waals surface area (Å²) < 4.78 is 0. The van der Waals surface area contributed by atoms with Crippen LogP contribution in [0.5, 0.6) is 0 Å². The van der Waals surface area contributed by atoms with Crippen molar-refractivity contribution in [1.29, 1.82) is 0 Å². The molecule has 1 nitrogen and oxygen atoms in total. The standard InChI is InChI=1S/C10H12O/c1-7-2-3-8-4-5-10(11)9(8)6-7/h2,4-5,8-9H,3,6H2,1H3. The molecule has 0 saturated carbocycles. The van der Waals surface area contributed by atoms with Gasteiger partial charge in [-0.05, 0) is 31.8 Å². The van der Waals surface area contributed by atoms with E-state index in [0.29, 0.717) is 17.6 Å². The maximum absolute atomic E-state index is 11.2. The minimum Gasteiger partial charge on any atom is -0.295 e. The van der Waals surface area contributed by atoms with Gasteiger partial charge in [0.1, 0.15) is 0 Å². The number of hydrogen-bond acceptors (Lipinski definition) is 1. The molecule has 0 aliphatic heterocycles. The number of carbonyl (C=O) groups is 1. The molecule has 0 amide bonds. The van der Waals surface area contributed by atoms with Crippen molar-refractivity contribution in [2.75, 3.05) is 0 Å². The first-order valence-corrected chi connectivity index (χ1v) is 4.15. The van der Waals surface area contributed by atoms with Crippen molar-refractivity contribution >= 4 is 5.78 Å². The van der Waals surface area contributed by atoms with E-state index in [1.807, 2.05) is 0 Å². The highest BCUT2D eigenvalue weighted by atomic mass is 16.1. The van der Waals surface area contributed by atoms with Crippen LogP contribution >= 0.6 is 0 Å². The Bertz CT molecular complexity index is 248. The van der Waals surface area contributed by atoms with Crippen LogP contribution in [0.15, 0.2) is 23.8 Å². The van der Waals surface area contributed by atoms with Gasteiger partial charge in [0.25, 0.3) is 0 Å². The van der Waals surface area contributed by atoms with Gasteiger partial charge in [-0.3, -0.25) is 4.79 Å². The molecule has 2 unspecified atom stereocenters. The monoisotopic (exact) mass is 148 g/mol. The zero-order valence-corrected chi connectivity index (χ0v) is 6.71. The van der Waals surface area contributed by atoms with Crippen molar-refractivity contribution in [3.05, 3.63) is 23.8 Å². The van der Waals surface area contributed by atoms with E-state index in [9.17, 15) is 4.79 Å². The number of rotatable bonds is 0. The van der Waals surface area contributed by atoms with Gasteiger partial charge >= 0.3 is 0 Å². The second-order valence-electron chi connectivity index (χ2n) is 3.52. The number of fused-ring (bicyclic) bond motifs is 1. The molecule has 0 bridgehead atoms. The van der Waals surface area contributed by atoms with E-state index in [0.717, 1.165) is 12.8 Å². The lowest BCUT2D eigenvalue weighted by Crippen LogP contribution is -2.18. The smallest absolute Gasteiger partial charge is 0.159 e. The molecule has 11 heavy (non-hydrogen) atoms. The number of ketones is 1. The van der Waals surface area contributed by atoms with Gasteiger partial charge in [0.15, 0.2) is 5.78 Å². The minimum atomic E-state index is 0.292. The molecule has 58 valence electrons. The fourth-order valence-electron chi connectivity index (χ4n) is 1.95. The molecule has 0 spiro atoms. The molecular weight excluding hydrogens is 136 g/mol. The Morgan fingerprint density at radius 3 is 3.18 bits per heavy atom. The zero-order chi connectivity index (χ0) is 7.84. The largest absolute Gasteiger partial charge is 0.295 e. The van der Waals surface area contributed by atoms with Crippen LogP contribution in [0.2, 0.25) is 0 Å². The molecule has 0 heterocycles. The molecule has 1 heteroatoms. The lowest BCUT2D eigenvalue weighted by atomic mass is 9.82. The van der Waals surface area contributed by atoms with Crippen LogP contribution in [0.3, 0.4) is 0 Å². The molecule has 2 rings (SSSR count). The van der Waals surface area contributed by atoms with E-state index in [4.69, 9.17) is 0 Å². The van der Waals surface area contributed by atoms with Gasteiger partial charge in [-0.25, -0.2) is 0 Å². The molecule has 0 N–H and O–H groups in total. The Balaban J connectivity index is 2.22. The van der Waals surface area contributed by atoms with Crippen molar-refractivity contribution in [2.24, 2.45) is 11.8 Å². The molecule has 2 atom stereocenters. The third-order valence-corrected chi connectivity index (χ3v) is 2.67. The maximum Gasteiger partial charge on any atom is 0.159 e. The predicted molar refractivity (Wildman–Crippen MR) is 44.1 cm³/mol. The summed E-state index contributed by atoms with van der Waals surface area (Å²) in [4.78, 5) is 11.2. The third kappa shape index (κ3) is 1.05. The van der Waals surface area contributed by atoms with Gasteiger partial charge < -0.3 is 0 Å². The molecule has 0 aromatic carbocycles. The van der Waals surface area contributed by atoms with E-state index in [-0.39, 0.29) is 0 Å². The highest BCUT2D eigenvalue weighted by Crippen LogP contribution is 2.34. The van der Waals surface area contributed by atoms with Crippen molar-refractivity contribution in [3.63, 3.8) is 0 Å². The normalized spacial score (nSPS) is 35.4. The Morgan fingerprint density at radius 1 is 1.55 bits per heavy atom. The zero-order valence-electron chi connectivity index (χ0n) is 6.71. The van der Waals surface area contributed by atoms with E-state index >= 15 is 0 Å². The van der Waals surface area contributed by atoms with Crippen LogP contribution in [-0.2, 0) is 4.79 Å². The fraction of sp³-hybridized carbons (Fsp3) is 0.500. The van der Waals surface area contributed by atoms with Gasteiger partial charge in [0.2, 0.25) is 0 Å². The summed E-state index contributed by atoms with van der Waals surface area (Å²) in [5.74, 6) is 1.15. The van der Waals surface area contributed by atoms with Gasteiger partial charge in [-0.2, -0.15) is 0 Å². The van der Waals surface area contributed by atoms with Crippen LogP contribution < -0.4 is 0 Å². The van der Waals surface area contributed by atoms with E-state index in [2.05, 4.69) is 19.1 Å². The highest BCUT2D eigenvalue weighted by molar-refractivity contribution is 5.94. The van der Waals surface area contributed by atoms with E-state index in [1.165, 1.54) is 5.57 Å². The summed E-state index contributed by atoms with van der Waals surface area (Å²) >= 11 is 0. The topological polar surface area (TPSA) is 17.1 Å². The summed E-state index contributed by atoms with van der Waals surface area (Å²) in [6.07, 6.45) is 8.12. The number of carbonyl (C=O) groups excluding carboxylic acids is 1. The third-order valence-electron chi connectivity index (χ3n) is 2.67. The number of hydrogen-bond donors (Lipinski definition) is 0. The maximum atomic E-state index is 11.2. The van der Waals surface area contributed by atoms with Gasteiger partial charge in [-0.15, -0.1) is 0 Å². The lowest BCUT2D eigenvalue weighted by Gasteiger charge is -2.21. The second kappa shape index (κ2) is 2.33. The molecule has 0 saturated heterocycles. The van der Waals surface area contributed by atoms with Crippen molar-refractivity contribution in [2.45, 2.75) is 19.8 Å². The Kier molecular flexibility index (Phi) is 1.45. The van der Waals surface area contributed by atoms with Gasteiger partial charge in [0.05, 0.1) is 0 Å². The van der Waals surface area contributed by atoms with Crippen LogP contribution in [0, 0.1) is 11.8 Å². The summed E-state index contributed by atoms with van der Waals surface area (Å²) in [6, 6.07) is 0. The van der Waals surface area contributed by atoms with Crippen molar-refractivity contribution in [3.8, 4) is 0 Å². The molecule has 0 aromatic rings.